The molecule has 0 spiro atoms. The highest BCUT2D eigenvalue weighted by atomic mass is 79.9. The van der Waals surface area contributed by atoms with Gasteiger partial charge in [0.25, 0.3) is 0 Å². The minimum atomic E-state index is 0.935. The van der Waals surface area contributed by atoms with Gasteiger partial charge in [0, 0.05) is 30.3 Å². The molecular weight excluding hydrogens is 264 g/mol. The van der Waals surface area contributed by atoms with Crippen molar-refractivity contribution in [2.45, 2.75) is 26.8 Å². The summed E-state index contributed by atoms with van der Waals surface area (Å²) in [5.41, 5.74) is 2.58. The fraction of sp³-hybridized carbons (Fsp3) is 0.538. The zero-order valence-electron chi connectivity index (χ0n) is 10.4. The number of nitrogens with one attached hydrogen (secondary N) is 1. The molecule has 90 valence electrons. The van der Waals surface area contributed by atoms with Crippen LogP contribution >= 0.6 is 15.9 Å². The van der Waals surface area contributed by atoms with Gasteiger partial charge in [0.2, 0.25) is 0 Å². The second-order valence-corrected chi connectivity index (χ2v) is 4.82. The Kier molecular flexibility index (Phi) is 5.85. The molecule has 0 atom stereocenters. The fourth-order valence-electron chi connectivity index (χ4n) is 1.50. The Morgan fingerprint density at radius 1 is 1.31 bits per heavy atom. The van der Waals surface area contributed by atoms with E-state index >= 15 is 0 Å². The Bertz CT molecular complexity index is 326. The van der Waals surface area contributed by atoms with Gasteiger partial charge in [0.05, 0.1) is 0 Å². The van der Waals surface area contributed by atoms with Crippen molar-refractivity contribution in [1.29, 1.82) is 0 Å². The molecule has 0 aliphatic rings. The summed E-state index contributed by atoms with van der Waals surface area (Å²) in [7, 11) is 2.11. The zero-order valence-corrected chi connectivity index (χ0v) is 12.0. The van der Waals surface area contributed by atoms with Crippen LogP contribution in [0.4, 0.5) is 5.69 Å². The molecule has 0 unspecified atom stereocenters. The zero-order chi connectivity index (χ0) is 12.0. The molecule has 0 saturated heterocycles. The first kappa shape index (κ1) is 13.5. The van der Waals surface area contributed by atoms with Crippen molar-refractivity contribution in [1.82, 2.24) is 5.32 Å². The van der Waals surface area contributed by atoms with E-state index < -0.39 is 0 Å². The fourth-order valence-corrected chi connectivity index (χ4v) is 2.01. The van der Waals surface area contributed by atoms with Crippen molar-refractivity contribution in [2.24, 2.45) is 0 Å². The Morgan fingerprint density at radius 2 is 2.06 bits per heavy atom. The molecule has 3 heteroatoms. The molecule has 1 aromatic carbocycles. The van der Waals surface area contributed by atoms with E-state index in [4.69, 9.17) is 0 Å². The average molecular weight is 285 g/mol. The number of rotatable bonds is 6. The first-order chi connectivity index (χ1) is 7.69. The number of nitrogens with zero attached hydrogens (tertiary/aromatic N) is 1. The third-order valence-electron chi connectivity index (χ3n) is 2.69. The van der Waals surface area contributed by atoms with Crippen LogP contribution < -0.4 is 10.2 Å². The van der Waals surface area contributed by atoms with Gasteiger partial charge >= 0.3 is 0 Å². The van der Waals surface area contributed by atoms with E-state index in [1.54, 1.807) is 0 Å². The summed E-state index contributed by atoms with van der Waals surface area (Å²) < 4.78 is 1.19. The normalized spacial score (nSPS) is 10.5. The van der Waals surface area contributed by atoms with E-state index in [0.717, 1.165) is 19.6 Å². The molecule has 16 heavy (non-hydrogen) atoms. The van der Waals surface area contributed by atoms with Crippen molar-refractivity contribution < 1.29 is 0 Å². The summed E-state index contributed by atoms with van der Waals surface area (Å²) in [5.74, 6) is 0. The molecule has 1 rings (SSSR count). The molecule has 0 aliphatic carbocycles. The van der Waals surface area contributed by atoms with Crippen LogP contribution in [0.15, 0.2) is 22.7 Å². The van der Waals surface area contributed by atoms with Crippen LogP contribution in [0.1, 0.15) is 25.8 Å². The molecule has 0 heterocycles. The third-order valence-corrected chi connectivity index (χ3v) is 3.43. The first-order valence-corrected chi connectivity index (χ1v) is 6.68. The summed E-state index contributed by atoms with van der Waals surface area (Å²) in [4.78, 5) is 2.23. The smallest absolute Gasteiger partial charge is 0.0375 e. The average Bonchev–Trinajstić information content (AvgIpc) is 2.30. The Morgan fingerprint density at radius 3 is 2.62 bits per heavy atom. The summed E-state index contributed by atoms with van der Waals surface area (Å²) in [6, 6.07) is 6.55. The summed E-state index contributed by atoms with van der Waals surface area (Å²) >= 11 is 3.63. The topological polar surface area (TPSA) is 15.3 Å². The van der Waals surface area contributed by atoms with E-state index in [0.29, 0.717) is 0 Å². The quantitative estimate of drug-likeness (QED) is 0.806. The summed E-state index contributed by atoms with van der Waals surface area (Å²) in [5, 5.41) is 3.41. The molecule has 0 aromatic heterocycles. The third kappa shape index (κ3) is 3.80. The minimum absolute atomic E-state index is 0.935. The molecule has 1 N–H and O–H groups in total. The van der Waals surface area contributed by atoms with Crippen molar-refractivity contribution >= 4 is 21.6 Å². The van der Waals surface area contributed by atoms with E-state index in [-0.39, 0.29) is 0 Å². The Balaban J connectivity index is 2.67. The minimum Gasteiger partial charge on any atom is -0.375 e. The van der Waals surface area contributed by atoms with E-state index in [2.05, 4.69) is 65.2 Å². The van der Waals surface area contributed by atoms with Crippen molar-refractivity contribution in [3.8, 4) is 0 Å². The van der Waals surface area contributed by atoms with Gasteiger partial charge < -0.3 is 10.2 Å². The largest absolute Gasteiger partial charge is 0.375 e. The van der Waals surface area contributed by atoms with E-state index in [9.17, 15) is 0 Å². The summed E-state index contributed by atoms with van der Waals surface area (Å²) in [6.07, 6.45) is 1.17. The van der Waals surface area contributed by atoms with Gasteiger partial charge in [-0.25, -0.2) is 0 Å². The highest BCUT2D eigenvalue weighted by Crippen LogP contribution is 2.23. The lowest BCUT2D eigenvalue weighted by atomic mass is 10.2. The number of anilines is 1. The van der Waals surface area contributed by atoms with Crippen LogP contribution in [0.3, 0.4) is 0 Å². The standard InChI is InChI=1S/C13H21BrN2/c1-4-8-15-10-11-6-7-12(9-13(11)14)16(3)5-2/h6-7,9,15H,4-5,8,10H2,1-3H3. The molecule has 0 radical (unpaired) electrons. The predicted octanol–water partition coefficient (Wildman–Crippen LogP) is 3.40. The maximum absolute atomic E-state index is 3.63. The van der Waals surface area contributed by atoms with Gasteiger partial charge in [0.15, 0.2) is 0 Å². The van der Waals surface area contributed by atoms with Gasteiger partial charge in [0.1, 0.15) is 0 Å². The van der Waals surface area contributed by atoms with Crippen LogP contribution in [0.25, 0.3) is 0 Å². The van der Waals surface area contributed by atoms with Crippen LogP contribution in [0, 0.1) is 0 Å². The second-order valence-electron chi connectivity index (χ2n) is 3.97. The van der Waals surface area contributed by atoms with Gasteiger partial charge in [-0.3, -0.25) is 0 Å². The molecule has 2 nitrogen and oxygen atoms in total. The van der Waals surface area contributed by atoms with Gasteiger partial charge in [-0.15, -0.1) is 0 Å². The molecule has 0 saturated carbocycles. The highest BCUT2D eigenvalue weighted by molar-refractivity contribution is 9.10. The van der Waals surface area contributed by atoms with Gasteiger partial charge in [-0.2, -0.15) is 0 Å². The second kappa shape index (κ2) is 6.92. The van der Waals surface area contributed by atoms with Crippen molar-refractivity contribution in [3.05, 3.63) is 28.2 Å². The first-order valence-electron chi connectivity index (χ1n) is 5.89. The van der Waals surface area contributed by atoms with Crippen LogP contribution in [-0.4, -0.2) is 20.1 Å². The number of hydrogen-bond donors (Lipinski definition) is 1. The van der Waals surface area contributed by atoms with Gasteiger partial charge in [-0.05, 0) is 37.6 Å². The maximum Gasteiger partial charge on any atom is 0.0375 e. The summed E-state index contributed by atoms with van der Waals surface area (Å²) in [6.45, 7) is 7.37. The predicted molar refractivity (Wildman–Crippen MR) is 75.1 cm³/mol. The lowest BCUT2D eigenvalue weighted by Crippen LogP contribution is -2.17. The van der Waals surface area contributed by atoms with Crippen LogP contribution in [0.2, 0.25) is 0 Å². The lowest BCUT2D eigenvalue weighted by Gasteiger charge is -2.18. The molecular formula is C13H21BrN2. The highest BCUT2D eigenvalue weighted by Gasteiger charge is 2.03. The Labute approximate surface area is 107 Å². The van der Waals surface area contributed by atoms with Crippen molar-refractivity contribution in [3.63, 3.8) is 0 Å². The molecule has 1 aromatic rings. The lowest BCUT2D eigenvalue weighted by molar-refractivity contribution is 0.674. The molecule has 0 bridgehead atoms. The SMILES string of the molecule is CCCNCc1ccc(N(C)CC)cc1Br. The molecule has 0 fully saturated rings. The van der Waals surface area contributed by atoms with E-state index in [1.165, 1.54) is 22.1 Å². The van der Waals surface area contributed by atoms with Crippen LogP contribution in [-0.2, 0) is 6.54 Å². The molecule has 0 amide bonds. The van der Waals surface area contributed by atoms with Gasteiger partial charge in [-0.1, -0.05) is 28.9 Å². The number of halogens is 1. The maximum atomic E-state index is 3.63. The van der Waals surface area contributed by atoms with E-state index in [1.807, 2.05) is 0 Å². The monoisotopic (exact) mass is 284 g/mol. The molecule has 0 aliphatic heterocycles. The Hall–Kier alpha value is -0.540. The van der Waals surface area contributed by atoms with Crippen LogP contribution in [0.5, 0.6) is 0 Å². The van der Waals surface area contributed by atoms with Crippen molar-refractivity contribution in [2.75, 3.05) is 25.0 Å². The number of hydrogen-bond acceptors (Lipinski definition) is 2. The number of benzene rings is 1.